The van der Waals surface area contributed by atoms with Gasteiger partial charge in [-0.05, 0) is 56.3 Å². The molecule has 0 aliphatic heterocycles. The van der Waals surface area contributed by atoms with Crippen molar-refractivity contribution in [1.82, 2.24) is 4.98 Å². The number of rotatable bonds is 4. The van der Waals surface area contributed by atoms with Crippen molar-refractivity contribution < 1.29 is 13.2 Å². The van der Waals surface area contributed by atoms with Crippen LogP contribution in [0.3, 0.4) is 0 Å². The molecule has 3 aromatic rings. The van der Waals surface area contributed by atoms with Gasteiger partial charge in [0.2, 0.25) is 0 Å². The maximum Gasteiger partial charge on any atom is 0.416 e. The molecular weight excluding hydrogens is 333 g/mol. The summed E-state index contributed by atoms with van der Waals surface area (Å²) in [7, 11) is 0. The Hall–Kier alpha value is -2.08. The van der Waals surface area contributed by atoms with E-state index in [9.17, 15) is 13.2 Å². The Morgan fingerprint density at radius 1 is 1.00 bits per heavy atom. The summed E-state index contributed by atoms with van der Waals surface area (Å²) in [5.41, 5.74) is 1.77. The Labute approximate surface area is 142 Å². The molecule has 1 heterocycles. The fourth-order valence-electron chi connectivity index (χ4n) is 2.63. The number of fused-ring (bicyclic) bond motifs is 1. The van der Waals surface area contributed by atoms with E-state index in [0.29, 0.717) is 5.52 Å². The monoisotopic (exact) mass is 350 g/mol. The summed E-state index contributed by atoms with van der Waals surface area (Å²) in [6, 6.07) is 11.7. The molecule has 0 aliphatic rings. The van der Waals surface area contributed by atoms with Gasteiger partial charge in [-0.1, -0.05) is 0 Å². The average Bonchev–Trinajstić information content (AvgIpc) is 2.99. The summed E-state index contributed by atoms with van der Waals surface area (Å²) in [6.45, 7) is 6.06. The number of benzene rings is 2. The predicted molar refractivity (Wildman–Crippen MR) is 93.6 cm³/mol. The molecule has 126 valence electrons. The maximum atomic E-state index is 12.8. The molecule has 0 saturated heterocycles. The molecular formula is C18H17F3N2S. The van der Waals surface area contributed by atoms with Crippen LogP contribution < -0.4 is 4.90 Å². The molecule has 0 N–H and O–H groups in total. The minimum absolute atomic E-state index is 0.387. The second kappa shape index (κ2) is 6.43. The van der Waals surface area contributed by atoms with Crippen molar-refractivity contribution in [2.24, 2.45) is 0 Å². The fourth-order valence-corrected chi connectivity index (χ4v) is 3.58. The zero-order valence-corrected chi connectivity index (χ0v) is 14.2. The van der Waals surface area contributed by atoms with Gasteiger partial charge in [0.1, 0.15) is 5.01 Å². The highest BCUT2D eigenvalue weighted by atomic mass is 32.1. The third kappa shape index (κ3) is 3.24. The molecule has 0 fully saturated rings. The zero-order chi connectivity index (χ0) is 17.3. The first-order valence-electron chi connectivity index (χ1n) is 7.75. The fraction of sp³-hybridized carbons (Fsp3) is 0.278. The minimum atomic E-state index is -4.34. The first-order chi connectivity index (χ1) is 11.4. The Balaban J connectivity index is 1.95. The van der Waals surface area contributed by atoms with Gasteiger partial charge in [-0.15, -0.1) is 11.3 Å². The van der Waals surface area contributed by atoms with Gasteiger partial charge in [-0.3, -0.25) is 0 Å². The summed E-state index contributed by atoms with van der Waals surface area (Å²) in [5, 5.41) is 0.732. The van der Waals surface area contributed by atoms with Crippen LogP contribution in [0.25, 0.3) is 20.8 Å². The van der Waals surface area contributed by atoms with Crippen molar-refractivity contribution >= 4 is 27.2 Å². The molecule has 0 amide bonds. The molecule has 24 heavy (non-hydrogen) atoms. The van der Waals surface area contributed by atoms with E-state index >= 15 is 0 Å². The first kappa shape index (κ1) is 16.8. The van der Waals surface area contributed by atoms with Crippen molar-refractivity contribution in [2.75, 3.05) is 18.0 Å². The molecule has 0 unspecified atom stereocenters. The Kier molecular flexibility index (Phi) is 4.49. The van der Waals surface area contributed by atoms with Crippen LogP contribution in [-0.4, -0.2) is 18.1 Å². The minimum Gasteiger partial charge on any atom is -0.372 e. The van der Waals surface area contributed by atoms with E-state index in [4.69, 9.17) is 0 Å². The van der Waals surface area contributed by atoms with Crippen LogP contribution in [-0.2, 0) is 6.18 Å². The molecule has 1 aromatic heterocycles. The second-order valence-corrected chi connectivity index (χ2v) is 6.45. The Bertz CT molecular complexity index is 834. The molecule has 0 bridgehead atoms. The SMILES string of the molecule is CCN(CC)c1ccc(-c2nc3cc(C(F)(F)F)ccc3s2)cc1. The van der Waals surface area contributed by atoms with Gasteiger partial charge in [0.05, 0.1) is 15.8 Å². The van der Waals surface area contributed by atoms with Crippen molar-refractivity contribution in [2.45, 2.75) is 20.0 Å². The molecule has 0 atom stereocenters. The number of aromatic nitrogens is 1. The van der Waals surface area contributed by atoms with Gasteiger partial charge in [0.15, 0.2) is 0 Å². The summed E-state index contributed by atoms with van der Waals surface area (Å²) >= 11 is 1.40. The Morgan fingerprint density at radius 2 is 1.67 bits per heavy atom. The molecule has 0 saturated carbocycles. The highest BCUT2D eigenvalue weighted by Gasteiger charge is 2.30. The summed E-state index contributed by atoms with van der Waals surface area (Å²) in [4.78, 5) is 6.61. The highest BCUT2D eigenvalue weighted by Crippen LogP contribution is 2.35. The summed E-state index contributed by atoms with van der Waals surface area (Å²) in [5.74, 6) is 0. The quantitative estimate of drug-likeness (QED) is 0.589. The third-order valence-electron chi connectivity index (χ3n) is 3.96. The lowest BCUT2D eigenvalue weighted by atomic mass is 10.2. The molecule has 2 nitrogen and oxygen atoms in total. The normalized spacial score (nSPS) is 11.9. The van der Waals surface area contributed by atoms with E-state index in [1.165, 1.54) is 17.4 Å². The molecule has 3 rings (SSSR count). The molecule has 6 heteroatoms. The molecule has 2 aromatic carbocycles. The molecule has 0 aliphatic carbocycles. The van der Waals surface area contributed by atoms with E-state index in [-0.39, 0.29) is 0 Å². The lowest BCUT2D eigenvalue weighted by molar-refractivity contribution is -0.137. The van der Waals surface area contributed by atoms with E-state index < -0.39 is 11.7 Å². The number of anilines is 1. The average molecular weight is 350 g/mol. The largest absolute Gasteiger partial charge is 0.416 e. The van der Waals surface area contributed by atoms with E-state index in [1.54, 1.807) is 0 Å². The van der Waals surface area contributed by atoms with Gasteiger partial charge < -0.3 is 4.90 Å². The second-order valence-electron chi connectivity index (χ2n) is 5.42. The molecule has 0 radical (unpaired) electrons. The van der Waals surface area contributed by atoms with Gasteiger partial charge in [0, 0.05) is 24.3 Å². The van der Waals surface area contributed by atoms with Gasteiger partial charge in [-0.25, -0.2) is 4.98 Å². The zero-order valence-electron chi connectivity index (χ0n) is 13.4. The van der Waals surface area contributed by atoms with E-state index in [2.05, 4.69) is 23.7 Å². The smallest absolute Gasteiger partial charge is 0.372 e. The van der Waals surface area contributed by atoms with Gasteiger partial charge in [0.25, 0.3) is 0 Å². The number of hydrogen-bond acceptors (Lipinski definition) is 3. The summed E-state index contributed by atoms with van der Waals surface area (Å²) in [6.07, 6.45) is -4.34. The summed E-state index contributed by atoms with van der Waals surface area (Å²) < 4.78 is 39.2. The number of halogens is 3. The van der Waals surface area contributed by atoms with Crippen LogP contribution in [0.5, 0.6) is 0 Å². The Morgan fingerprint density at radius 3 is 2.25 bits per heavy atom. The van der Waals surface area contributed by atoms with Crippen LogP contribution in [0.2, 0.25) is 0 Å². The lowest BCUT2D eigenvalue weighted by Crippen LogP contribution is -2.21. The van der Waals surface area contributed by atoms with Gasteiger partial charge >= 0.3 is 6.18 Å². The predicted octanol–water partition coefficient (Wildman–Crippen LogP) is 5.83. The van der Waals surface area contributed by atoms with E-state index in [0.717, 1.165) is 46.2 Å². The van der Waals surface area contributed by atoms with Crippen LogP contribution in [0.15, 0.2) is 42.5 Å². The van der Waals surface area contributed by atoms with Crippen LogP contribution in [0.4, 0.5) is 18.9 Å². The maximum absolute atomic E-state index is 12.8. The topological polar surface area (TPSA) is 16.1 Å². The van der Waals surface area contributed by atoms with Crippen molar-refractivity contribution in [3.63, 3.8) is 0 Å². The van der Waals surface area contributed by atoms with Crippen molar-refractivity contribution in [3.8, 4) is 10.6 Å². The number of thiazole rings is 1. The molecule has 0 spiro atoms. The van der Waals surface area contributed by atoms with E-state index in [1.807, 2.05) is 24.3 Å². The van der Waals surface area contributed by atoms with Crippen molar-refractivity contribution in [1.29, 1.82) is 0 Å². The van der Waals surface area contributed by atoms with Gasteiger partial charge in [-0.2, -0.15) is 13.2 Å². The number of alkyl halides is 3. The number of hydrogen-bond donors (Lipinski definition) is 0. The van der Waals surface area contributed by atoms with Crippen molar-refractivity contribution in [3.05, 3.63) is 48.0 Å². The highest BCUT2D eigenvalue weighted by molar-refractivity contribution is 7.21. The first-order valence-corrected chi connectivity index (χ1v) is 8.57. The lowest BCUT2D eigenvalue weighted by Gasteiger charge is -2.20. The number of nitrogens with zero attached hydrogens (tertiary/aromatic N) is 2. The van der Waals surface area contributed by atoms with Crippen LogP contribution in [0, 0.1) is 0 Å². The van der Waals surface area contributed by atoms with Crippen LogP contribution in [0.1, 0.15) is 19.4 Å². The third-order valence-corrected chi connectivity index (χ3v) is 5.04. The standard InChI is InChI=1S/C18H17F3N2S/c1-3-23(4-2)14-8-5-12(6-9-14)17-22-15-11-13(18(19,20)21)7-10-16(15)24-17/h5-11H,3-4H2,1-2H3. The van der Waals surface area contributed by atoms with Crippen LogP contribution >= 0.6 is 11.3 Å².